The standard InChI is InChI=1S/C30H27Cl2NO2S/c1-30(2,3)20-13-19(14-22-7-6-12-36-22)28-24(15-20)27(23-8-4-5-9-26(23)33-28)29(34)35-17-18-10-11-21(31)16-25(18)32/h4-12,14,16,20H,13,15,17H2,1-3H3/b19-14-. The normalized spacial score (nSPS) is 16.8. The van der Waals surface area contributed by atoms with Crippen molar-refractivity contribution in [2.24, 2.45) is 11.3 Å². The number of carbonyl (C=O) groups is 1. The fourth-order valence-electron chi connectivity index (χ4n) is 4.77. The number of esters is 1. The third kappa shape index (κ3) is 5.08. The molecule has 3 nitrogen and oxygen atoms in total. The minimum atomic E-state index is -0.360. The third-order valence-corrected chi connectivity index (χ3v) is 8.28. The molecule has 1 unspecified atom stereocenters. The van der Waals surface area contributed by atoms with Crippen LogP contribution in [0.15, 0.2) is 60.0 Å². The highest BCUT2D eigenvalue weighted by Gasteiger charge is 2.35. The molecule has 0 bridgehead atoms. The van der Waals surface area contributed by atoms with E-state index in [9.17, 15) is 4.79 Å². The molecule has 0 fully saturated rings. The molecule has 1 aliphatic carbocycles. The summed E-state index contributed by atoms with van der Waals surface area (Å²) >= 11 is 14.1. The SMILES string of the molecule is CC(C)(C)C1C/C(=C/c2cccs2)c2nc3ccccc3c(C(=O)OCc3ccc(Cl)cc3Cl)c2C1. The van der Waals surface area contributed by atoms with Crippen LogP contribution in [0.5, 0.6) is 0 Å². The van der Waals surface area contributed by atoms with Crippen LogP contribution in [-0.2, 0) is 17.8 Å². The van der Waals surface area contributed by atoms with Crippen molar-refractivity contribution in [2.75, 3.05) is 0 Å². The van der Waals surface area contributed by atoms with Gasteiger partial charge in [0, 0.05) is 25.9 Å². The molecule has 0 spiro atoms. The maximum Gasteiger partial charge on any atom is 0.339 e. The van der Waals surface area contributed by atoms with E-state index in [1.165, 1.54) is 10.5 Å². The van der Waals surface area contributed by atoms with Crippen molar-refractivity contribution in [2.45, 2.75) is 40.2 Å². The summed E-state index contributed by atoms with van der Waals surface area (Å²) in [5, 5.41) is 3.91. The van der Waals surface area contributed by atoms with Gasteiger partial charge in [0.25, 0.3) is 0 Å². The fraction of sp³-hybridized carbons (Fsp3) is 0.267. The summed E-state index contributed by atoms with van der Waals surface area (Å²) in [4.78, 5) is 20.0. The molecule has 0 amide bonds. The molecule has 0 saturated carbocycles. The van der Waals surface area contributed by atoms with Crippen LogP contribution in [0.25, 0.3) is 22.6 Å². The molecule has 0 aliphatic heterocycles. The summed E-state index contributed by atoms with van der Waals surface area (Å²) in [7, 11) is 0. The van der Waals surface area contributed by atoms with Gasteiger partial charge in [-0.3, -0.25) is 0 Å². The van der Waals surface area contributed by atoms with Gasteiger partial charge < -0.3 is 4.74 Å². The molecule has 36 heavy (non-hydrogen) atoms. The molecule has 2 aromatic heterocycles. The first-order valence-corrected chi connectivity index (χ1v) is 13.6. The first-order valence-electron chi connectivity index (χ1n) is 12.0. The first kappa shape index (κ1) is 25.0. The van der Waals surface area contributed by atoms with Crippen LogP contribution >= 0.6 is 34.5 Å². The number of rotatable bonds is 4. The van der Waals surface area contributed by atoms with E-state index in [4.69, 9.17) is 32.9 Å². The Kier molecular flexibility index (Phi) is 6.95. The number of nitrogens with zero attached hydrogens (tertiary/aromatic N) is 1. The smallest absolute Gasteiger partial charge is 0.339 e. The van der Waals surface area contributed by atoms with Gasteiger partial charge in [-0.15, -0.1) is 11.3 Å². The van der Waals surface area contributed by atoms with Gasteiger partial charge in [-0.1, -0.05) is 74.3 Å². The molecule has 0 saturated heterocycles. The Labute approximate surface area is 225 Å². The van der Waals surface area contributed by atoms with Gasteiger partial charge >= 0.3 is 5.97 Å². The van der Waals surface area contributed by atoms with E-state index >= 15 is 0 Å². The zero-order valence-electron chi connectivity index (χ0n) is 20.5. The number of para-hydroxylation sites is 1. The highest BCUT2D eigenvalue weighted by molar-refractivity contribution is 7.10. The highest BCUT2D eigenvalue weighted by Crippen LogP contribution is 2.45. The monoisotopic (exact) mass is 535 g/mol. The third-order valence-electron chi connectivity index (χ3n) is 6.88. The molecule has 1 atom stereocenters. The van der Waals surface area contributed by atoms with Gasteiger partial charge in [0.05, 0.1) is 16.8 Å². The molecular formula is C30H27Cl2NO2S. The zero-order chi connectivity index (χ0) is 25.4. The van der Waals surface area contributed by atoms with E-state index in [0.29, 0.717) is 27.1 Å². The Morgan fingerprint density at radius 1 is 1.11 bits per heavy atom. The molecule has 0 radical (unpaired) electrons. The van der Waals surface area contributed by atoms with Crippen LogP contribution in [0.2, 0.25) is 10.0 Å². The Bertz CT molecular complexity index is 1470. The average molecular weight is 537 g/mol. The summed E-state index contributed by atoms with van der Waals surface area (Å²) in [6.07, 6.45) is 3.91. The lowest BCUT2D eigenvalue weighted by molar-refractivity contribution is 0.0473. The second-order valence-electron chi connectivity index (χ2n) is 10.3. The lowest BCUT2D eigenvalue weighted by Crippen LogP contribution is -2.28. The van der Waals surface area contributed by atoms with E-state index in [1.807, 2.05) is 24.3 Å². The number of pyridine rings is 1. The van der Waals surface area contributed by atoms with Crippen molar-refractivity contribution in [1.29, 1.82) is 0 Å². The topological polar surface area (TPSA) is 39.2 Å². The van der Waals surface area contributed by atoms with Gasteiger partial charge in [0.2, 0.25) is 0 Å². The Hall–Kier alpha value is -2.66. The molecular weight excluding hydrogens is 509 g/mol. The summed E-state index contributed by atoms with van der Waals surface area (Å²) < 4.78 is 5.86. The van der Waals surface area contributed by atoms with Gasteiger partial charge in [-0.2, -0.15) is 0 Å². The van der Waals surface area contributed by atoms with Crippen LogP contribution in [0.4, 0.5) is 0 Å². The number of carbonyl (C=O) groups excluding carboxylic acids is 1. The Morgan fingerprint density at radius 2 is 1.92 bits per heavy atom. The maximum absolute atomic E-state index is 13.7. The molecule has 2 aromatic carbocycles. The number of hydrogen-bond acceptors (Lipinski definition) is 4. The molecule has 6 heteroatoms. The van der Waals surface area contributed by atoms with Crippen LogP contribution < -0.4 is 0 Å². The van der Waals surface area contributed by atoms with Crippen LogP contribution in [0, 0.1) is 11.3 Å². The largest absolute Gasteiger partial charge is 0.457 e. The lowest BCUT2D eigenvalue weighted by Gasteiger charge is -2.36. The predicted octanol–water partition coefficient (Wildman–Crippen LogP) is 9.11. The number of ether oxygens (including phenoxy) is 1. The van der Waals surface area contributed by atoms with Crippen molar-refractivity contribution >= 4 is 63.1 Å². The minimum absolute atomic E-state index is 0.0654. The Balaban J connectivity index is 1.63. The average Bonchev–Trinajstić information content (AvgIpc) is 3.34. The highest BCUT2D eigenvalue weighted by atomic mass is 35.5. The molecule has 184 valence electrons. The number of halogens is 2. The quantitative estimate of drug-likeness (QED) is 0.244. The van der Waals surface area contributed by atoms with Crippen molar-refractivity contribution in [3.8, 4) is 0 Å². The number of hydrogen-bond donors (Lipinski definition) is 0. The lowest BCUT2D eigenvalue weighted by atomic mass is 9.69. The summed E-state index contributed by atoms with van der Waals surface area (Å²) in [6, 6.07) is 17.2. The number of allylic oxidation sites excluding steroid dienone is 1. The van der Waals surface area contributed by atoms with Crippen molar-refractivity contribution in [3.05, 3.63) is 97.3 Å². The van der Waals surface area contributed by atoms with Gasteiger partial charge in [0.1, 0.15) is 6.61 Å². The predicted molar refractivity (Wildman–Crippen MR) is 151 cm³/mol. The second kappa shape index (κ2) is 10.0. The summed E-state index contributed by atoms with van der Waals surface area (Å²) in [6.45, 7) is 6.86. The van der Waals surface area contributed by atoms with Gasteiger partial charge in [0.15, 0.2) is 0 Å². The zero-order valence-corrected chi connectivity index (χ0v) is 22.8. The molecule has 1 aliphatic rings. The van der Waals surface area contributed by atoms with Crippen LogP contribution in [-0.4, -0.2) is 11.0 Å². The summed E-state index contributed by atoms with van der Waals surface area (Å²) in [5.74, 6) is -0.00247. The van der Waals surface area contributed by atoms with Crippen molar-refractivity contribution < 1.29 is 9.53 Å². The molecule has 5 rings (SSSR count). The van der Waals surface area contributed by atoms with Gasteiger partial charge in [-0.05, 0) is 71.0 Å². The second-order valence-corrected chi connectivity index (χ2v) is 12.1. The van der Waals surface area contributed by atoms with Crippen LogP contribution in [0.3, 0.4) is 0 Å². The first-order chi connectivity index (χ1) is 17.2. The number of benzene rings is 2. The molecule has 0 N–H and O–H groups in total. The van der Waals surface area contributed by atoms with E-state index in [0.717, 1.165) is 35.0 Å². The number of fused-ring (bicyclic) bond motifs is 2. The minimum Gasteiger partial charge on any atom is -0.457 e. The van der Waals surface area contributed by atoms with Crippen molar-refractivity contribution in [3.63, 3.8) is 0 Å². The maximum atomic E-state index is 13.7. The Morgan fingerprint density at radius 3 is 2.64 bits per heavy atom. The van der Waals surface area contributed by atoms with Crippen LogP contribution in [0.1, 0.15) is 59.2 Å². The molecule has 4 aromatic rings. The fourth-order valence-corrected chi connectivity index (χ4v) is 5.91. The van der Waals surface area contributed by atoms with Crippen molar-refractivity contribution in [1.82, 2.24) is 4.98 Å². The van der Waals surface area contributed by atoms with E-state index in [-0.39, 0.29) is 18.0 Å². The van der Waals surface area contributed by atoms with E-state index in [2.05, 4.69) is 44.4 Å². The van der Waals surface area contributed by atoms with E-state index in [1.54, 1.807) is 29.5 Å². The number of thiophene rings is 1. The van der Waals surface area contributed by atoms with Gasteiger partial charge in [-0.25, -0.2) is 9.78 Å². The number of aromatic nitrogens is 1. The van der Waals surface area contributed by atoms with E-state index < -0.39 is 0 Å². The summed E-state index contributed by atoms with van der Waals surface area (Å²) in [5.41, 5.74) is 5.21. The molecule has 2 heterocycles.